The number of thiazole rings is 1. The molecule has 1 aliphatic heterocycles. The van der Waals surface area contributed by atoms with Gasteiger partial charge in [0.2, 0.25) is 11.8 Å². The van der Waals surface area contributed by atoms with Gasteiger partial charge in [-0.1, -0.05) is 12.1 Å². The second kappa shape index (κ2) is 10.7. The molecule has 2 aromatic rings. The quantitative estimate of drug-likeness (QED) is 0.630. The number of carbonyl (C=O) groups is 2. The van der Waals surface area contributed by atoms with E-state index >= 15 is 0 Å². The smallest absolute Gasteiger partial charge is 0.248 e. The summed E-state index contributed by atoms with van der Waals surface area (Å²) >= 11 is 1.48. The van der Waals surface area contributed by atoms with Crippen LogP contribution < -0.4 is 11.1 Å². The van der Waals surface area contributed by atoms with E-state index in [1.54, 1.807) is 17.0 Å². The van der Waals surface area contributed by atoms with Crippen LogP contribution in [-0.2, 0) is 20.9 Å². The standard InChI is InChI=1S/C23H29N5O3S/c1-23(2,15-25)31-13-21(29)28-9-3-4-18(12-28)22(30)26-11-20-27-19(14-32-20)17-7-5-16(10-24)6-8-17/h5-8,14,18H,3-4,9,11-13,15,25H2,1-2H3,(H,26,30)/t18-/m0/s1. The zero-order valence-corrected chi connectivity index (χ0v) is 19.3. The maximum atomic E-state index is 12.7. The average Bonchev–Trinajstić information content (AvgIpc) is 3.30. The summed E-state index contributed by atoms with van der Waals surface area (Å²) in [6.45, 7) is 5.36. The lowest BCUT2D eigenvalue weighted by atomic mass is 9.97. The number of rotatable bonds is 8. The Morgan fingerprint density at radius 3 is 2.81 bits per heavy atom. The van der Waals surface area contributed by atoms with Gasteiger partial charge >= 0.3 is 0 Å². The Kier molecular flexibility index (Phi) is 7.96. The molecule has 2 amide bonds. The molecule has 0 bridgehead atoms. The molecule has 1 atom stereocenters. The van der Waals surface area contributed by atoms with Crippen molar-refractivity contribution >= 4 is 23.2 Å². The topological polar surface area (TPSA) is 121 Å². The van der Waals surface area contributed by atoms with Crippen LogP contribution in [0, 0.1) is 17.2 Å². The average molecular weight is 456 g/mol. The van der Waals surface area contributed by atoms with E-state index in [0.717, 1.165) is 29.1 Å². The van der Waals surface area contributed by atoms with Crippen LogP contribution >= 0.6 is 11.3 Å². The minimum Gasteiger partial charge on any atom is -0.364 e. The Balaban J connectivity index is 1.50. The number of ether oxygens (including phenoxy) is 1. The molecule has 9 heteroatoms. The van der Waals surface area contributed by atoms with Crippen LogP contribution in [0.1, 0.15) is 37.3 Å². The predicted molar refractivity (Wildman–Crippen MR) is 123 cm³/mol. The third kappa shape index (κ3) is 6.36. The van der Waals surface area contributed by atoms with Gasteiger partial charge in [-0.05, 0) is 38.8 Å². The van der Waals surface area contributed by atoms with Crippen LogP contribution in [0.4, 0.5) is 0 Å². The van der Waals surface area contributed by atoms with E-state index in [-0.39, 0.29) is 24.3 Å². The van der Waals surface area contributed by atoms with Crippen molar-refractivity contribution in [3.63, 3.8) is 0 Å². The molecule has 8 nitrogen and oxygen atoms in total. The highest BCUT2D eigenvalue weighted by Gasteiger charge is 2.29. The molecule has 2 heterocycles. The lowest BCUT2D eigenvalue weighted by molar-refractivity contribution is -0.144. The van der Waals surface area contributed by atoms with Crippen molar-refractivity contribution in [2.24, 2.45) is 11.7 Å². The lowest BCUT2D eigenvalue weighted by Gasteiger charge is -2.33. The number of carbonyl (C=O) groups excluding carboxylic acids is 2. The fourth-order valence-corrected chi connectivity index (χ4v) is 4.12. The molecule has 0 radical (unpaired) electrons. The van der Waals surface area contributed by atoms with E-state index in [0.29, 0.717) is 31.7 Å². The van der Waals surface area contributed by atoms with E-state index in [9.17, 15) is 9.59 Å². The predicted octanol–water partition coefficient (Wildman–Crippen LogP) is 2.29. The molecule has 1 aliphatic rings. The number of amides is 2. The summed E-state index contributed by atoms with van der Waals surface area (Å²) in [5, 5.41) is 14.6. The molecule has 0 unspecified atom stereocenters. The number of nitrogens with one attached hydrogen (secondary N) is 1. The number of hydrogen-bond donors (Lipinski definition) is 2. The van der Waals surface area contributed by atoms with Gasteiger partial charge in [-0.3, -0.25) is 9.59 Å². The highest BCUT2D eigenvalue weighted by Crippen LogP contribution is 2.23. The summed E-state index contributed by atoms with van der Waals surface area (Å²) < 4.78 is 5.61. The third-order valence-corrected chi connectivity index (χ3v) is 6.35. The highest BCUT2D eigenvalue weighted by molar-refractivity contribution is 7.09. The summed E-state index contributed by atoms with van der Waals surface area (Å²) in [4.78, 5) is 31.5. The normalized spacial score (nSPS) is 16.4. The first kappa shape index (κ1) is 23.9. The number of hydrogen-bond acceptors (Lipinski definition) is 7. The summed E-state index contributed by atoms with van der Waals surface area (Å²) in [7, 11) is 0. The van der Waals surface area contributed by atoms with Crippen LogP contribution in [0.2, 0.25) is 0 Å². The van der Waals surface area contributed by atoms with Crippen molar-refractivity contribution in [3.8, 4) is 17.3 Å². The summed E-state index contributed by atoms with van der Waals surface area (Å²) in [5.74, 6) is -0.426. The van der Waals surface area contributed by atoms with Gasteiger partial charge in [0, 0.05) is 30.6 Å². The second-order valence-electron chi connectivity index (χ2n) is 8.46. The first-order valence-electron chi connectivity index (χ1n) is 10.7. The fourth-order valence-electron chi connectivity index (χ4n) is 3.37. The summed E-state index contributed by atoms with van der Waals surface area (Å²) in [6.07, 6.45) is 1.53. The van der Waals surface area contributed by atoms with Gasteiger partial charge in [-0.25, -0.2) is 4.98 Å². The van der Waals surface area contributed by atoms with Crippen molar-refractivity contribution in [2.45, 2.75) is 38.8 Å². The minimum atomic E-state index is -0.549. The van der Waals surface area contributed by atoms with Crippen molar-refractivity contribution in [2.75, 3.05) is 26.2 Å². The van der Waals surface area contributed by atoms with Gasteiger partial charge in [0.15, 0.2) is 0 Å². The molecule has 1 saturated heterocycles. The first-order valence-corrected chi connectivity index (χ1v) is 11.5. The molecule has 1 fully saturated rings. The summed E-state index contributed by atoms with van der Waals surface area (Å²) in [6, 6.07) is 9.34. The van der Waals surface area contributed by atoms with Crippen molar-refractivity contribution in [3.05, 3.63) is 40.2 Å². The van der Waals surface area contributed by atoms with Crippen molar-refractivity contribution < 1.29 is 14.3 Å². The molecule has 1 aromatic heterocycles. The molecule has 3 rings (SSSR count). The van der Waals surface area contributed by atoms with E-state index in [1.807, 2.05) is 31.4 Å². The van der Waals surface area contributed by atoms with Crippen LogP contribution in [-0.4, -0.2) is 53.5 Å². The number of piperidine rings is 1. The van der Waals surface area contributed by atoms with Crippen molar-refractivity contribution in [1.82, 2.24) is 15.2 Å². The largest absolute Gasteiger partial charge is 0.364 e. The van der Waals surface area contributed by atoms with E-state index in [1.165, 1.54) is 11.3 Å². The zero-order valence-electron chi connectivity index (χ0n) is 18.5. The maximum Gasteiger partial charge on any atom is 0.248 e. The van der Waals surface area contributed by atoms with E-state index < -0.39 is 5.60 Å². The number of nitrogens with zero attached hydrogens (tertiary/aromatic N) is 3. The molecule has 32 heavy (non-hydrogen) atoms. The third-order valence-electron chi connectivity index (χ3n) is 5.50. The van der Waals surface area contributed by atoms with Crippen LogP contribution in [0.3, 0.4) is 0 Å². The number of nitriles is 1. The molecule has 170 valence electrons. The van der Waals surface area contributed by atoms with Gasteiger partial charge in [0.25, 0.3) is 0 Å². The maximum absolute atomic E-state index is 12.7. The van der Waals surface area contributed by atoms with Gasteiger partial charge in [-0.15, -0.1) is 11.3 Å². The molecular formula is C23H29N5O3S. The van der Waals surface area contributed by atoms with Crippen LogP contribution in [0.25, 0.3) is 11.3 Å². The molecule has 1 aromatic carbocycles. The number of benzene rings is 1. The van der Waals surface area contributed by atoms with Gasteiger partial charge in [-0.2, -0.15) is 5.26 Å². The molecule has 0 saturated carbocycles. The number of nitrogens with two attached hydrogens (primary N) is 1. The van der Waals surface area contributed by atoms with E-state index in [4.69, 9.17) is 15.7 Å². The molecule has 0 spiro atoms. The Morgan fingerprint density at radius 2 is 2.12 bits per heavy atom. The summed E-state index contributed by atoms with van der Waals surface area (Å²) in [5.41, 5.74) is 7.44. The Labute approximate surface area is 192 Å². The highest BCUT2D eigenvalue weighted by atomic mass is 32.1. The van der Waals surface area contributed by atoms with Crippen LogP contribution in [0.15, 0.2) is 29.6 Å². The first-order chi connectivity index (χ1) is 15.3. The molecular weight excluding hydrogens is 426 g/mol. The number of likely N-dealkylation sites (tertiary alicyclic amines) is 1. The monoisotopic (exact) mass is 455 g/mol. The van der Waals surface area contributed by atoms with Crippen molar-refractivity contribution in [1.29, 1.82) is 5.26 Å². The Hall–Kier alpha value is -2.80. The second-order valence-corrected chi connectivity index (χ2v) is 9.41. The molecule has 0 aliphatic carbocycles. The fraction of sp³-hybridized carbons (Fsp3) is 0.478. The van der Waals surface area contributed by atoms with Gasteiger partial charge < -0.3 is 20.7 Å². The Bertz CT molecular complexity index is 980. The van der Waals surface area contributed by atoms with Gasteiger partial charge in [0.1, 0.15) is 11.6 Å². The SMILES string of the molecule is CC(C)(CN)OCC(=O)N1CCC[C@H](C(=O)NCc2nc(-c3ccc(C#N)cc3)cs2)C1. The van der Waals surface area contributed by atoms with Crippen LogP contribution in [0.5, 0.6) is 0 Å². The van der Waals surface area contributed by atoms with Gasteiger partial charge in [0.05, 0.1) is 35.4 Å². The number of aromatic nitrogens is 1. The van der Waals surface area contributed by atoms with E-state index in [2.05, 4.69) is 16.4 Å². The Morgan fingerprint density at radius 1 is 1.38 bits per heavy atom. The lowest BCUT2D eigenvalue weighted by Crippen LogP contribution is -2.47. The minimum absolute atomic E-state index is 0.0320. The molecule has 3 N–H and O–H groups in total. The zero-order chi connectivity index (χ0) is 23.1.